The van der Waals surface area contributed by atoms with Gasteiger partial charge in [-0.05, 0) is 18.6 Å². The number of ether oxygens (including phenoxy) is 1. The van der Waals surface area contributed by atoms with Crippen LogP contribution in [0, 0.1) is 0 Å². The molecule has 0 atom stereocenters. The Bertz CT molecular complexity index is 610. The fraction of sp³-hybridized carbons (Fsp3) is 0.438. The topological polar surface area (TPSA) is 77.2 Å². The van der Waals surface area contributed by atoms with Crippen LogP contribution >= 0.6 is 0 Å². The van der Waals surface area contributed by atoms with E-state index in [0.29, 0.717) is 31.1 Å². The van der Waals surface area contributed by atoms with E-state index in [2.05, 4.69) is 22.4 Å². The molecule has 0 radical (unpaired) electrons. The monoisotopic (exact) mass is 303 g/mol. The maximum atomic E-state index is 11.6. The maximum Gasteiger partial charge on any atom is 0.227 e. The number of nitrogens with zero attached hydrogens (tertiary/aromatic N) is 2. The van der Waals surface area contributed by atoms with Crippen molar-refractivity contribution in [3.63, 3.8) is 0 Å². The number of benzene rings is 1. The molecule has 6 heteroatoms. The Morgan fingerprint density at radius 3 is 3.05 bits per heavy atom. The van der Waals surface area contributed by atoms with Gasteiger partial charge >= 0.3 is 0 Å². The molecule has 0 spiro atoms. The van der Waals surface area contributed by atoms with Gasteiger partial charge in [0.2, 0.25) is 17.6 Å². The van der Waals surface area contributed by atoms with Crippen molar-refractivity contribution in [2.24, 2.45) is 0 Å². The van der Waals surface area contributed by atoms with Gasteiger partial charge in [0.1, 0.15) is 5.75 Å². The molecule has 1 aromatic carbocycles. The number of methoxy groups -OCH3 is 1. The molecule has 0 saturated carbocycles. The average molecular weight is 303 g/mol. The SMILES string of the molecule is CCCCNC(=O)CCc1nc(-c2cccc(OC)c2)no1. The van der Waals surface area contributed by atoms with E-state index in [1.165, 1.54) is 0 Å². The van der Waals surface area contributed by atoms with Gasteiger partial charge in [-0.25, -0.2) is 0 Å². The lowest BCUT2D eigenvalue weighted by atomic mass is 10.2. The lowest BCUT2D eigenvalue weighted by Crippen LogP contribution is -2.24. The molecule has 1 N–H and O–H groups in total. The Kier molecular flexibility index (Phi) is 5.94. The van der Waals surface area contributed by atoms with Gasteiger partial charge in [-0.2, -0.15) is 4.98 Å². The van der Waals surface area contributed by atoms with Gasteiger partial charge in [0.25, 0.3) is 0 Å². The molecule has 0 fully saturated rings. The van der Waals surface area contributed by atoms with Crippen LogP contribution in [-0.4, -0.2) is 29.7 Å². The first kappa shape index (κ1) is 16.0. The van der Waals surface area contributed by atoms with E-state index in [4.69, 9.17) is 9.26 Å². The van der Waals surface area contributed by atoms with Crippen LogP contribution in [0.2, 0.25) is 0 Å². The van der Waals surface area contributed by atoms with Gasteiger partial charge in [-0.15, -0.1) is 0 Å². The zero-order chi connectivity index (χ0) is 15.8. The van der Waals surface area contributed by atoms with Gasteiger partial charge in [-0.3, -0.25) is 4.79 Å². The minimum Gasteiger partial charge on any atom is -0.497 e. The van der Waals surface area contributed by atoms with E-state index in [-0.39, 0.29) is 5.91 Å². The van der Waals surface area contributed by atoms with Crippen LogP contribution in [0.4, 0.5) is 0 Å². The number of aromatic nitrogens is 2. The number of aryl methyl sites for hydroxylation is 1. The summed E-state index contributed by atoms with van der Waals surface area (Å²) in [6.45, 7) is 2.80. The molecule has 0 aliphatic carbocycles. The number of nitrogens with one attached hydrogen (secondary N) is 1. The van der Waals surface area contributed by atoms with E-state index in [9.17, 15) is 4.79 Å². The molecule has 1 aromatic heterocycles. The minimum atomic E-state index is 0.00887. The Balaban J connectivity index is 1.89. The van der Waals surface area contributed by atoms with Crippen molar-refractivity contribution in [3.05, 3.63) is 30.2 Å². The maximum absolute atomic E-state index is 11.6. The molecular formula is C16H21N3O3. The van der Waals surface area contributed by atoms with Crippen molar-refractivity contribution in [1.82, 2.24) is 15.5 Å². The summed E-state index contributed by atoms with van der Waals surface area (Å²) in [6.07, 6.45) is 2.85. The zero-order valence-corrected chi connectivity index (χ0v) is 13.0. The Hall–Kier alpha value is -2.37. The quantitative estimate of drug-likeness (QED) is 0.758. The molecule has 0 aliphatic rings. The van der Waals surface area contributed by atoms with E-state index >= 15 is 0 Å². The zero-order valence-electron chi connectivity index (χ0n) is 13.0. The molecular weight excluding hydrogens is 282 g/mol. The molecule has 2 aromatic rings. The summed E-state index contributed by atoms with van der Waals surface area (Å²) < 4.78 is 10.4. The van der Waals surface area contributed by atoms with Gasteiger partial charge < -0.3 is 14.6 Å². The first-order valence-electron chi connectivity index (χ1n) is 7.46. The van der Waals surface area contributed by atoms with Crippen molar-refractivity contribution >= 4 is 5.91 Å². The Morgan fingerprint density at radius 1 is 1.41 bits per heavy atom. The summed E-state index contributed by atoms with van der Waals surface area (Å²) in [5, 5.41) is 6.80. The smallest absolute Gasteiger partial charge is 0.227 e. The van der Waals surface area contributed by atoms with Crippen LogP contribution in [0.3, 0.4) is 0 Å². The molecule has 0 unspecified atom stereocenters. The van der Waals surface area contributed by atoms with E-state index in [1.54, 1.807) is 7.11 Å². The van der Waals surface area contributed by atoms with E-state index in [1.807, 2.05) is 24.3 Å². The van der Waals surface area contributed by atoms with Crippen molar-refractivity contribution in [3.8, 4) is 17.1 Å². The number of rotatable bonds is 8. The molecule has 0 saturated heterocycles. The van der Waals surface area contributed by atoms with Crippen LogP contribution in [0.15, 0.2) is 28.8 Å². The van der Waals surface area contributed by atoms with Crippen LogP contribution < -0.4 is 10.1 Å². The third-order valence-electron chi connectivity index (χ3n) is 3.21. The second-order valence-electron chi connectivity index (χ2n) is 4.95. The third kappa shape index (κ3) is 4.58. The largest absolute Gasteiger partial charge is 0.497 e. The minimum absolute atomic E-state index is 0.00887. The molecule has 22 heavy (non-hydrogen) atoms. The molecule has 2 rings (SSSR count). The van der Waals surface area contributed by atoms with Crippen molar-refractivity contribution in [2.75, 3.05) is 13.7 Å². The number of unbranched alkanes of at least 4 members (excludes halogenated alkanes) is 1. The number of amides is 1. The third-order valence-corrected chi connectivity index (χ3v) is 3.21. The van der Waals surface area contributed by atoms with Crippen LogP contribution in [0.1, 0.15) is 32.1 Å². The second-order valence-corrected chi connectivity index (χ2v) is 4.95. The predicted molar refractivity (Wildman–Crippen MR) is 82.5 cm³/mol. The second kappa shape index (κ2) is 8.17. The summed E-state index contributed by atoms with van der Waals surface area (Å²) in [4.78, 5) is 15.9. The first-order valence-corrected chi connectivity index (χ1v) is 7.46. The van der Waals surface area contributed by atoms with Gasteiger partial charge in [-0.1, -0.05) is 30.6 Å². The summed E-state index contributed by atoms with van der Waals surface area (Å²) >= 11 is 0. The molecule has 1 heterocycles. The standard InChI is InChI=1S/C16H21N3O3/c1-3-4-10-17-14(20)8-9-15-18-16(19-22-15)12-6-5-7-13(11-12)21-2/h5-7,11H,3-4,8-10H2,1-2H3,(H,17,20). The fourth-order valence-corrected chi connectivity index (χ4v) is 1.95. The molecule has 6 nitrogen and oxygen atoms in total. The van der Waals surface area contributed by atoms with Crippen LogP contribution in [0.5, 0.6) is 5.75 Å². The average Bonchev–Trinajstić information content (AvgIpc) is 3.02. The molecule has 0 aliphatic heterocycles. The summed E-state index contributed by atoms with van der Waals surface area (Å²) in [6, 6.07) is 7.44. The summed E-state index contributed by atoms with van der Waals surface area (Å²) in [5.41, 5.74) is 0.821. The highest BCUT2D eigenvalue weighted by Gasteiger charge is 2.11. The number of carbonyl (C=O) groups is 1. The highest BCUT2D eigenvalue weighted by atomic mass is 16.5. The van der Waals surface area contributed by atoms with E-state index in [0.717, 1.165) is 24.2 Å². The predicted octanol–water partition coefficient (Wildman–Crippen LogP) is 2.59. The normalized spacial score (nSPS) is 10.5. The highest BCUT2D eigenvalue weighted by Crippen LogP contribution is 2.21. The Labute approximate surface area is 129 Å². The van der Waals surface area contributed by atoms with Gasteiger partial charge in [0.05, 0.1) is 7.11 Å². The highest BCUT2D eigenvalue weighted by molar-refractivity contribution is 5.75. The van der Waals surface area contributed by atoms with E-state index < -0.39 is 0 Å². The van der Waals surface area contributed by atoms with Crippen molar-refractivity contribution in [1.29, 1.82) is 0 Å². The number of hydrogen-bond donors (Lipinski definition) is 1. The lowest BCUT2D eigenvalue weighted by molar-refractivity contribution is -0.121. The lowest BCUT2D eigenvalue weighted by Gasteiger charge is -2.01. The number of hydrogen-bond acceptors (Lipinski definition) is 5. The molecule has 0 bridgehead atoms. The van der Waals surface area contributed by atoms with Gasteiger partial charge in [0.15, 0.2) is 0 Å². The Morgan fingerprint density at radius 2 is 2.27 bits per heavy atom. The number of carbonyl (C=O) groups excluding carboxylic acids is 1. The van der Waals surface area contributed by atoms with Crippen LogP contribution in [-0.2, 0) is 11.2 Å². The van der Waals surface area contributed by atoms with Crippen LogP contribution in [0.25, 0.3) is 11.4 Å². The first-order chi connectivity index (χ1) is 10.7. The fourth-order valence-electron chi connectivity index (χ4n) is 1.95. The molecule has 1 amide bonds. The van der Waals surface area contributed by atoms with Crippen molar-refractivity contribution < 1.29 is 14.1 Å². The summed E-state index contributed by atoms with van der Waals surface area (Å²) in [5.74, 6) is 1.71. The summed E-state index contributed by atoms with van der Waals surface area (Å²) in [7, 11) is 1.61. The van der Waals surface area contributed by atoms with Crippen molar-refractivity contribution in [2.45, 2.75) is 32.6 Å². The molecule has 118 valence electrons. The van der Waals surface area contributed by atoms with Gasteiger partial charge in [0, 0.05) is 24.9 Å².